The van der Waals surface area contributed by atoms with Crippen LogP contribution in [0, 0.1) is 18.3 Å². The molecule has 2 heterocycles. The number of aryl methyl sites for hydroxylation is 1. The minimum Gasteiger partial charge on any atom is -0.369 e. The topological polar surface area (TPSA) is 84.5 Å². The fourth-order valence-electron chi connectivity index (χ4n) is 3.34. The van der Waals surface area contributed by atoms with Gasteiger partial charge < -0.3 is 15.3 Å². The number of benzene rings is 1. The summed E-state index contributed by atoms with van der Waals surface area (Å²) >= 11 is 0. The third-order valence-corrected chi connectivity index (χ3v) is 4.65. The maximum absolute atomic E-state index is 11.3. The molecule has 0 saturated carbocycles. The van der Waals surface area contributed by atoms with Crippen molar-refractivity contribution in [1.82, 2.24) is 9.88 Å². The van der Waals surface area contributed by atoms with Crippen LogP contribution in [0.4, 0.5) is 11.5 Å². The Bertz CT molecular complexity index is 868. The van der Waals surface area contributed by atoms with Crippen molar-refractivity contribution in [2.75, 3.05) is 18.4 Å². The van der Waals surface area contributed by atoms with E-state index in [1.807, 2.05) is 32.0 Å². The summed E-state index contributed by atoms with van der Waals surface area (Å²) in [7, 11) is 0. The molecule has 0 radical (unpaired) electrons. The molecule has 0 fully saturated rings. The summed E-state index contributed by atoms with van der Waals surface area (Å²) in [6.45, 7) is 6.78. The average molecular weight is 349 g/mol. The number of aromatic nitrogens is 1. The van der Waals surface area contributed by atoms with E-state index in [0.29, 0.717) is 41.4 Å². The molecule has 0 bridgehead atoms. The highest BCUT2D eigenvalue weighted by Gasteiger charge is 2.38. The Kier molecular flexibility index (Phi) is 4.92. The van der Waals surface area contributed by atoms with Crippen LogP contribution in [-0.2, 0) is 12.1 Å². The van der Waals surface area contributed by atoms with Gasteiger partial charge in [0.05, 0.1) is 17.6 Å². The summed E-state index contributed by atoms with van der Waals surface area (Å²) in [6, 6.07) is 12.3. The molecule has 134 valence electrons. The summed E-state index contributed by atoms with van der Waals surface area (Å²) in [6.07, 6.45) is 2.41. The first-order chi connectivity index (χ1) is 12.5. The second kappa shape index (κ2) is 7.14. The number of fused-ring (bicyclic) bond motifs is 1. The van der Waals surface area contributed by atoms with E-state index in [1.54, 1.807) is 18.2 Å². The van der Waals surface area contributed by atoms with Crippen LogP contribution >= 0.6 is 0 Å². The molecule has 0 spiro atoms. The third kappa shape index (κ3) is 3.14. The average Bonchev–Trinajstić information content (AvgIpc) is 2.61. The number of hydrogen-bond acceptors (Lipinski definition) is 6. The Hall–Kier alpha value is -2.91. The number of nitriles is 1. The maximum atomic E-state index is 11.3. The SMILES string of the molecule is CCNc1nc(C)c2c(c1C#N)N=CN(CCc1ccccc1)C2(C)O. The smallest absolute Gasteiger partial charge is 0.166 e. The lowest BCUT2D eigenvalue weighted by atomic mass is 9.95. The first kappa shape index (κ1) is 17.9. The first-order valence-electron chi connectivity index (χ1n) is 8.75. The van der Waals surface area contributed by atoms with Crippen LogP contribution in [-0.4, -0.2) is 34.4 Å². The minimum absolute atomic E-state index is 0.367. The van der Waals surface area contributed by atoms with Crippen molar-refractivity contribution in [2.45, 2.75) is 32.9 Å². The van der Waals surface area contributed by atoms with Crippen LogP contribution < -0.4 is 5.32 Å². The van der Waals surface area contributed by atoms with Crippen molar-refractivity contribution < 1.29 is 5.11 Å². The zero-order valence-corrected chi connectivity index (χ0v) is 15.3. The largest absolute Gasteiger partial charge is 0.369 e. The predicted octanol–water partition coefficient (Wildman–Crippen LogP) is 3.08. The number of hydrogen-bond donors (Lipinski definition) is 2. The van der Waals surface area contributed by atoms with Gasteiger partial charge in [0.1, 0.15) is 17.5 Å². The fraction of sp³-hybridized carbons (Fsp3) is 0.350. The van der Waals surface area contributed by atoms with Gasteiger partial charge in [-0.3, -0.25) is 0 Å². The Balaban J connectivity index is 1.96. The molecule has 0 aliphatic carbocycles. The Morgan fingerprint density at radius 3 is 2.69 bits per heavy atom. The van der Waals surface area contributed by atoms with E-state index in [-0.39, 0.29) is 0 Å². The van der Waals surface area contributed by atoms with Gasteiger partial charge in [0, 0.05) is 18.8 Å². The number of pyridine rings is 1. The lowest BCUT2D eigenvalue weighted by Crippen LogP contribution is -2.46. The van der Waals surface area contributed by atoms with Crippen LogP contribution in [0.15, 0.2) is 35.3 Å². The lowest BCUT2D eigenvalue weighted by molar-refractivity contribution is -0.0582. The van der Waals surface area contributed by atoms with Gasteiger partial charge in [-0.25, -0.2) is 9.98 Å². The van der Waals surface area contributed by atoms with Crippen molar-refractivity contribution in [3.8, 4) is 6.07 Å². The number of nitrogens with one attached hydrogen (secondary N) is 1. The molecule has 1 atom stereocenters. The van der Waals surface area contributed by atoms with Gasteiger partial charge in [-0.15, -0.1) is 0 Å². The summed E-state index contributed by atoms with van der Waals surface area (Å²) in [5.41, 5.74) is 2.04. The van der Waals surface area contributed by atoms with E-state index in [9.17, 15) is 10.4 Å². The van der Waals surface area contributed by atoms with Crippen LogP contribution in [0.1, 0.15) is 36.2 Å². The molecule has 1 aromatic carbocycles. The second-order valence-electron chi connectivity index (χ2n) is 6.48. The molecule has 0 amide bonds. The molecule has 3 rings (SSSR count). The van der Waals surface area contributed by atoms with Gasteiger partial charge in [0.25, 0.3) is 0 Å². The van der Waals surface area contributed by atoms with Crippen molar-refractivity contribution in [3.63, 3.8) is 0 Å². The standard InChI is InChI=1S/C20H23N5O/c1-4-22-19-16(12-21)18-17(14(2)24-19)20(3,26)25(13-23-18)11-10-15-8-6-5-7-9-15/h5-9,13,26H,4,10-11H2,1-3H3,(H,22,24). The highest BCUT2D eigenvalue weighted by molar-refractivity contribution is 5.78. The highest BCUT2D eigenvalue weighted by atomic mass is 16.3. The van der Waals surface area contributed by atoms with E-state index in [1.165, 1.54) is 5.56 Å². The molecular weight excluding hydrogens is 326 g/mol. The van der Waals surface area contributed by atoms with Gasteiger partial charge in [-0.2, -0.15) is 5.26 Å². The van der Waals surface area contributed by atoms with E-state index in [2.05, 4.69) is 33.5 Å². The normalized spacial score (nSPS) is 18.3. The summed E-state index contributed by atoms with van der Waals surface area (Å²) in [5, 5.41) is 23.9. The van der Waals surface area contributed by atoms with E-state index in [0.717, 1.165) is 6.42 Å². The van der Waals surface area contributed by atoms with Gasteiger partial charge in [0.15, 0.2) is 5.72 Å². The van der Waals surface area contributed by atoms with E-state index in [4.69, 9.17) is 0 Å². The van der Waals surface area contributed by atoms with Crippen molar-refractivity contribution >= 4 is 17.8 Å². The Morgan fingerprint density at radius 2 is 2.04 bits per heavy atom. The molecule has 2 N–H and O–H groups in total. The molecule has 1 aliphatic heterocycles. The summed E-state index contributed by atoms with van der Waals surface area (Å²) < 4.78 is 0. The van der Waals surface area contributed by atoms with Crippen LogP contribution in [0.5, 0.6) is 0 Å². The van der Waals surface area contributed by atoms with Crippen molar-refractivity contribution in [1.29, 1.82) is 5.26 Å². The molecule has 1 unspecified atom stereocenters. The van der Waals surface area contributed by atoms with E-state index < -0.39 is 5.72 Å². The highest BCUT2D eigenvalue weighted by Crippen LogP contribution is 2.41. The van der Waals surface area contributed by atoms with Crippen LogP contribution in [0.2, 0.25) is 0 Å². The monoisotopic (exact) mass is 349 g/mol. The van der Waals surface area contributed by atoms with Gasteiger partial charge in [0.2, 0.25) is 0 Å². The predicted molar refractivity (Wildman–Crippen MR) is 102 cm³/mol. The van der Waals surface area contributed by atoms with Gasteiger partial charge in [-0.1, -0.05) is 30.3 Å². The number of rotatable bonds is 5. The van der Waals surface area contributed by atoms with Crippen LogP contribution in [0.25, 0.3) is 0 Å². The number of aliphatic imine (C=N–C) groups is 1. The summed E-state index contributed by atoms with van der Waals surface area (Å²) in [5.74, 6) is 0.511. The molecule has 1 aromatic heterocycles. The second-order valence-corrected chi connectivity index (χ2v) is 6.48. The number of nitrogens with zero attached hydrogens (tertiary/aromatic N) is 4. The zero-order valence-electron chi connectivity index (χ0n) is 15.3. The Morgan fingerprint density at radius 1 is 1.31 bits per heavy atom. The zero-order chi connectivity index (χ0) is 18.7. The molecular formula is C20H23N5O. The molecule has 6 heteroatoms. The Labute approximate surface area is 153 Å². The minimum atomic E-state index is -1.28. The maximum Gasteiger partial charge on any atom is 0.166 e. The number of aliphatic hydroxyl groups is 1. The molecule has 0 saturated heterocycles. The molecule has 26 heavy (non-hydrogen) atoms. The fourth-order valence-corrected chi connectivity index (χ4v) is 3.34. The first-order valence-corrected chi connectivity index (χ1v) is 8.75. The van der Waals surface area contributed by atoms with Gasteiger partial charge in [-0.05, 0) is 32.8 Å². The molecule has 2 aromatic rings. The third-order valence-electron chi connectivity index (χ3n) is 4.65. The van der Waals surface area contributed by atoms with Crippen molar-refractivity contribution in [3.05, 3.63) is 52.7 Å². The number of anilines is 1. The molecule has 6 nitrogen and oxygen atoms in total. The van der Waals surface area contributed by atoms with Crippen molar-refractivity contribution in [2.24, 2.45) is 4.99 Å². The molecule has 1 aliphatic rings. The summed E-state index contributed by atoms with van der Waals surface area (Å²) in [4.78, 5) is 10.8. The van der Waals surface area contributed by atoms with E-state index >= 15 is 0 Å². The van der Waals surface area contributed by atoms with Crippen LogP contribution in [0.3, 0.4) is 0 Å². The lowest BCUT2D eigenvalue weighted by Gasteiger charge is -2.40. The quantitative estimate of drug-likeness (QED) is 0.866. The van der Waals surface area contributed by atoms with Gasteiger partial charge >= 0.3 is 0 Å².